The van der Waals surface area contributed by atoms with Crippen LogP contribution < -0.4 is 10.1 Å². The maximum absolute atomic E-state index is 12.3. The summed E-state index contributed by atoms with van der Waals surface area (Å²) in [4.78, 5) is 16.4. The highest BCUT2D eigenvalue weighted by atomic mass is 32.2. The third-order valence-electron chi connectivity index (χ3n) is 3.19. The SMILES string of the molecule is CC(C)Oc1ccc(C(=O)Nc2nnc(SCc3ccccc3)s2)cn1. The zero-order valence-electron chi connectivity index (χ0n) is 14.4. The number of nitrogens with one attached hydrogen (secondary N) is 1. The quantitative estimate of drug-likeness (QED) is 0.483. The van der Waals surface area contributed by atoms with E-state index in [1.54, 1.807) is 23.9 Å². The van der Waals surface area contributed by atoms with Gasteiger partial charge < -0.3 is 4.74 Å². The van der Waals surface area contributed by atoms with E-state index in [4.69, 9.17) is 4.74 Å². The minimum atomic E-state index is -0.274. The van der Waals surface area contributed by atoms with Crippen molar-refractivity contribution in [1.82, 2.24) is 15.2 Å². The monoisotopic (exact) mass is 386 g/mol. The number of ether oxygens (including phenoxy) is 1. The Bertz CT molecular complexity index is 851. The van der Waals surface area contributed by atoms with Gasteiger partial charge in [0.2, 0.25) is 11.0 Å². The van der Waals surface area contributed by atoms with Gasteiger partial charge in [-0.25, -0.2) is 4.98 Å². The minimum absolute atomic E-state index is 0.0374. The van der Waals surface area contributed by atoms with Crippen LogP contribution in [0.3, 0.4) is 0 Å². The Hall–Kier alpha value is -2.45. The van der Waals surface area contributed by atoms with E-state index in [1.807, 2.05) is 32.0 Å². The first-order chi connectivity index (χ1) is 12.6. The van der Waals surface area contributed by atoms with Crippen molar-refractivity contribution in [3.63, 3.8) is 0 Å². The first kappa shape index (κ1) is 18.3. The Morgan fingerprint density at radius 3 is 2.69 bits per heavy atom. The van der Waals surface area contributed by atoms with E-state index < -0.39 is 0 Å². The number of nitrogens with zero attached hydrogens (tertiary/aromatic N) is 3. The molecule has 2 aromatic heterocycles. The Balaban J connectivity index is 1.55. The predicted octanol–water partition coefficient (Wildman–Crippen LogP) is 4.26. The molecule has 3 rings (SSSR count). The van der Waals surface area contributed by atoms with Crippen LogP contribution in [-0.4, -0.2) is 27.2 Å². The molecule has 3 aromatic rings. The number of rotatable bonds is 7. The van der Waals surface area contributed by atoms with Crippen LogP contribution in [0.25, 0.3) is 0 Å². The fourth-order valence-corrected chi connectivity index (χ4v) is 3.74. The Morgan fingerprint density at radius 1 is 1.19 bits per heavy atom. The maximum Gasteiger partial charge on any atom is 0.259 e. The molecule has 1 aromatic carbocycles. The summed E-state index contributed by atoms with van der Waals surface area (Å²) in [6.45, 7) is 3.84. The molecule has 0 unspecified atom stereocenters. The third-order valence-corrected chi connectivity index (χ3v) is 5.23. The summed E-state index contributed by atoms with van der Waals surface area (Å²) in [5.74, 6) is 1.03. The van der Waals surface area contributed by atoms with Crippen LogP contribution in [0.1, 0.15) is 29.8 Å². The standard InChI is InChI=1S/C18H18N4O2S2/c1-12(2)24-15-9-8-14(10-19-15)16(23)20-17-21-22-18(26-17)25-11-13-6-4-3-5-7-13/h3-10,12H,11H2,1-2H3,(H,20,21,23). The first-order valence-electron chi connectivity index (χ1n) is 8.04. The second-order valence-corrected chi connectivity index (χ2v) is 7.85. The van der Waals surface area contributed by atoms with E-state index in [-0.39, 0.29) is 12.0 Å². The molecule has 134 valence electrons. The molecule has 6 nitrogen and oxygen atoms in total. The second kappa shape index (κ2) is 8.77. The minimum Gasteiger partial charge on any atom is -0.475 e. The summed E-state index contributed by atoms with van der Waals surface area (Å²) in [5, 5.41) is 11.3. The zero-order chi connectivity index (χ0) is 18.4. The lowest BCUT2D eigenvalue weighted by Crippen LogP contribution is -2.12. The molecule has 0 aliphatic heterocycles. The molecule has 0 saturated carbocycles. The predicted molar refractivity (Wildman–Crippen MR) is 104 cm³/mol. The summed E-state index contributed by atoms with van der Waals surface area (Å²) in [6, 6.07) is 13.5. The molecule has 0 bridgehead atoms. The molecule has 0 spiro atoms. The van der Waals surface area contributed by atoms with E-state index >= 15 is 0 Å². The highest BCUT2D eigenvalue weighted by Gasteiger charge is 2.11. The van der Waals surface area contributed by atoms with E-state index in [1.165, 1.54) is 23.1 Å². The number of carbonyl (C=O) groups is 1. The van der Waals surface area contributed by atoms with Gasteiger partial charge in [0.25, 0.3) is 5.91 Å². The number of benzene rings is 1. The Kier molecular flexibility index (Phi) is 6.19. The van der Waals surface area contributed by atoms with Crippen molar-refractivity contribution in [2.75, 3.05) is 5.32 Å². The average molecular weight is 387 g/mol. The topological polar surface area (TPSA) is 77.0 Å². The zero-order valence-corrected chi connectivity index (χ0v) is 16.0. The van der Waals surface area contributed by atoms with Gasteiger partial charge in [0, 0.05) is 18.0 Å². The van der Waals surface area contributed by atoms with Crippen LogP contribution in [0.4, 0.5) is 5.13 Å². The van der Waals surface area contributed by atoms with Crippen molar-refractivity contribution in [2.45, 2.75) is 30.0 Å². The van der Waals surface area contributed by atoms with E-state index in [0.29, 0.717) is 16.6 Å². The van der Waals surface area contributed by atoms with Crippen molar-refractivity contribution in [3.8, 4) is 5.88 Å². The summed E-state index contributed by atoms with van der Waals surface area (Å²) in [6.07, 6.45) is 1.52. The fourth-order valence-electron chi connectivity index (χ4n) is 2.03. The molecular weight excluding hydrogens is 368 g/mol. The molecule has 26 heavy (non-hydrogen) atoms. The number of hydrogen-bond donors (Lipinski definition) is 1. The number of amides is 1. The van der Waals surface area contributed by atoms with Gasteiger partial charge in [0.1, 0.15) is 0 Å². The number of thioether (sulfide) groups is 1. The maximum atomic E-state index is 12.3. The van der Waals surface area contributed by atoms with Crippen LogP contribution in [0.2, 0.25) is 0 Å². The largest absolute Gasteiger partial charge is 0.475 e. The van der Waals surface area contributed by atoms with Gasteiger partial charge in [-0.1, -0.05) is 53.4 Å². The smallest absolute Gasteiger partial charge is 0.259 e. The summed E-state index contributed by atoms with van der Waals surface area (Å²) >= 11 is 2.94. The van der Waals surface area contributed by atoms with Crippen LogP contribution in [-0.2, 0) is 5.75 Å². The number of pyridine rings is 1. The van der Waals surface area contributed by atoms with Crippen molar-refractivity contribution < 1.29 is 9.53 Å². The summed E-state index contributed by atoms with van der Waals surface area (Å²) < 4.78 is 6.28. The molecule has 0 saturated heterocycles. The molecule has 2 heterocycles. The lowest BCUT2D eigenvalue weighted by atomic mass is 10.2. The highest BCUT2D eigenvalue weighted by molar-refractivity contribution is 8.00. The van der Waals surface area contributed by atoms with E-state index in [2.05, 4.69) is 32.6 Å². The molecule has 0 aliphatic rings. The molecule has 1 amide bonds. The molecular formula is C18H18N4O2S2. The van der Waals surface area contributed by atoms with Crippen LogP contribution in [0.15, 0.2) is 53.0 Å². The van der Waals surface area contributed by atoms with Crippen molar-refractivity contribution in [2.24, 2.45) is 0 Å². The van der Waals surface area contributed by atoms with Crippen molar-refractivity contribution >= 4 is 34.1 Å². The number of carbonyl (C=O) groups excluding carboxylic acids is 1. The average Bonchev–Trinajstić information content (AvgIpc) is 3.08. The van der Waals surface area contributed by atoms with Gasteiger partial charge >= 0.3 is 0 Å². The van der Waals surface area contributed by atoms with E-state index in [9.17, 15) is 4.79 Å². The number of hydrogen-bond acceptors (Lipinski definition) is 7. The lowest BCUT2D eigenvalue weighted by Gasteiger charge is -2.08. The van der Waals surface area contributed by atoms with Gasteiger partial charge in [0.15, 0.2) is 4.34 Å². The summed E-state index contributed by atoms with van der Waals surface area (Å²) in [7, 11) is 0. The van der Waals surface area contributed by atoms with Crippen LogP contribution in [0.5, 0.6) is 5.88 Å². The third kappa shape index (κ3) is 5.27. The number of aromatic nitrogens is 3. The second-order valence-electron chi connectivity index (χ2n) is 5.65. The molecule has 0 fully saturated rings. The van der Waals surface area contributed by atoms with Gasteiger partial charge in [-0.15, -0.1) is 10.2 Å². The first-order valence-corrected chi connectivity index (χ1v) is 9.84. The van der Waals surface area contributed by atoms with Crippen LogP contribution in [0, 0.1) is 0 Å². The molecule has 0 atom stereocenters. The normalized spacial score (nSPS) is 10.7. The van der Waals surface area contributed by atoms with Gasteiger partial charge in [-0.3, -0.25) is 10.1 Å². The highest BCUT2D eigenvalue weighted by Crippen LogP contribution is 2.28. The molecule has 0 aliphatic carbocycles. The fraction of sp³-hybridized carbons (Fsp3) is 0.222. The van der Waals surface area contributed by atoms with Gasteiger partial charge in [-0.05, 0) is 25.5 Å². The summed E-state index contributed by atoms with van der Waals surface area (Å²) in [5.41, 5.74) is 1.66. The van der Waals surface area contributed by atoms with Crippen molar-refractivity contribution in [1.29, 1.82) is 0 Å². The van der Waals surface area contributed by atoms with Crippen molar-refractivity contribution in [3.05, 3.63) is 59.8 Å². The number of anilines is 1. The molecule has 1 N–H and O–H groups in total. The van der Waals surface area contributed by atoms with Gasteiger partial charge in [-0.2, -0.15) is 0 Å². The van der Waals surface area contributed by atoms with Crippen LogP contribution >= 0.6 is 23.1 Å². The molecule has 8 heteroatoms. The Morgan fingerprint density at radius 2 is 2.00 bits per heavy atom. The van der Waals surface area contributed by atoms with Gasteiger partial charge in [0.05, 0.1) is 11.7 Å². The van der Waals surface area contributed by atoms with E-state index in [0.717, 1.165) is 10.1 Å². The molecule has 0 radical (unpaired) electrons. The Labute approximate surface area is 160 Å². The lowest BCUT2D eigenvalue weighted by molar-refractivity contribution is 0.102.